The summed E-state index contributed by atoms with van der Waals surface area (Å²) in [6.45, 7) is 3.86. The van der Waals surface area contributed by atoms with Crippen molar-refractivity contribution in [2.24, 2.45) is 0 Å². The Bertz CT molecular complexity index is 285. The first-order valence-electron chi connectivity index (χ1n) is 5.21. The van der Waals surface area contributed by atoms with Gasteiger partial charge in [0.25, 0.3) is 5.91 Å². The average molecular weight is 230 g/mol. The van der Waals surface area contributed by atoms with E-state index < -0.39 is 11.7 Å². The van der Waals surface area contributed by atoms with Gasteiger partial charge in [-0.2, -0.15) is 0 Å². The van der Waals surface area contributed by atoms with Crippen LogP contribution < -0.4 is 5.32 Å². The Morgan fingerprint density at radius 2 is 2.12 bits per heavy atom. The van der Waals surface area contributed by atoms with E-state index in [2.05, 4.69) is 10.1 Å². The summed E-state index contributed by atoms with van der Waals surface area (Å²) in [7, 11) is 1.30. The van der Waals surface area contributed by atoms with Gasteiger partial charge in [-0.15, -0.1) is 0 Å². The third-order valence-electron chi connectivity index (χ3n) is 2.51. The van der Waals surface area contributed by atoms with E-state index in [-0.39, 0.29) is 11.9 Å². The molecule has 0 radical (unpaired) electrons. The number of rotatable bonds is 2. The molecule has 1 aliphatic rings. The third kappa shape index (κ3) is 3.10. The molecule has 1 aliphatic heterocycles. The fourth-order valence-electron chi connectivity index (χ4n) is 1.68. The minimum Gasteiger partial charge on any atom is -0.453 e. The van der Waals surface area contributed by atoms with E-state index in [9.17, 15) is 14.7 Å². The molecule has 1 atom stereocenters. The van der Waals surface area contributed by atoms with Crippen molar-refractivity contribution in [2.45, 2.75) is 31.9 Å². The summed E-state index contributed by atoms with van der Waals surface area (Å²) in [6, 6.07) is -0.0984. The van der Waals surface area contributed by atoms with Crippen LogP contribution >= 0.6 is 0 Å². The van der Waals surface area contributed by atoms with E-state index in [1.165, 1.54) is 21.0 Å². The van der Waals surface area contributed by atoms with Crippen LogP contribution in [-0.2, 0) is 9.53 Å². The number of hydrogen-bond acceptors (Lipinski definition) is 4. The standard InChI is InChI=1S/C10H18N2O4/c1-10(2,15)8(13)12-5-4-7(6-12)11-9(14)16-3/h7,15H,4-6H2,1-3H3,(H,11,14). The lowest BCUT2D eigenvalue weighted by Crippen LogP contribution is -2.45. The maximum Gasteiger partial charge on any atom is 0.407 e. The number of nitrogens with one attached hydrogen (secondary N) is 1. The lowest BCUT2D eigenvalue weighted by atomic mass is 10.1. The van der Waals surface area contributed by atoms with E-state index in [1.807, 2.05) is 0 Å². The van der Waals surface area contributed by atoms with Gasteiger partial charge in [-0.05, 0) is 20.3 Å². The molecule has 92 valence electrons. The second-order valence-corrected chi connectivity index (χ2v) is 4.43. The summed E-state index contributed by atoms with van der Waals surface area (Å²) in [5, 5.41) is 12.2. The van der Waals surface area contributed by atoms with E-state index in [0.717, 1.165) is 0 Å². The SMILES string of the molecule is COC(=O)NC1CCN(C(=O)C(C)(C)O)C1. The summed E-state index contributed by atoms with van der Waals surface area (Å²) >= 11 is 0. The van der Waals surface area contributed by atoms with Crippen LogP contribution in [0.3, 0.4) is 0 Å². The highest BCUT2D eigenvalue weighted by atomic mass is 16.5. The van der Waals surface area contributed by atoms with E-state index in [0.29, 0.717) is 19.5 Å². The lowest BCUT2D eigenvalue weighted by Gasteiger charge is -2.24. The highest BCUT2D eigenvalue weighted by Crippen LogP contribution is 2.15. The Hall–Kier alpha value is -1.30. The second kappa shape index (κ2) is 4.69. The molecule has 2 N–H and O–H groups in total. The number of nitrogens with zero attached hydrogens (tertiary/aromatic N) is 1. The molecule has 0 spiro atoms. The maximum atomic E-state index is 11.7. The van der Waals surface area contributed by atoms with Gasteiger partial charge < -0.3 is 20.1 Å². The molecular weight excluding hydrogens is 212 g/mol. The molecule has 1 heterocycles. The predicted molar refractivity (Wildman–Crippen MR) is 56.8 cm³/mol. The smallest absolute Gasteiger partial charge is 0.407 e. The molecule has 16 heavy (non-hydrogen) atoms. The van der Waals surface area contributed by atoms with Crippen LogP contribution in [0.1, 0.15) is 20.3 Å². The fraction of sp³-hybridized carbons (Fsp3) is 0.800. The van der Waals surface area contributed by atoms with E-state index >= 15 is 0 Å². The zero-order valence-electron chi connectivity index (χ0n) is 9.82. The molecule has 1 rings (SSSR count). The molecule has 6 nitrogen and oxygen atoms in total. The van der Waals surface area contributed by atoms with Crippen molar-refractivity contribution < 1.29 is 19.4 Å². The van der Waals surface area contributed by atoms with Crippen LogP contribution in [0.2, 0.25) is 0 Å². The summed E-state index contributed by atoms with van der Waals surface area (Å²) < 4.78 is 4.47. The Kier molecular flexibility index (Phi) is 3.74. The number of amides is 2. The zero-order valence-corrected chi connectivity index (χ0v) is 9.82. The quantitative estimate of drug-likeness (QED) is 0.683. The predicted octanol–water partition coefficient (Wildman–Crippen LogP) is -0.286. The molecule has 2 amide bonds. The molecule has 1 unspecified atom stereocenters. The lowest BCUT2D eigenvalue weighted by molar-refractivity contribution is -0.146. The van der Waals surface area contributed by atoms with Gasteiger partial charge in [0.2, 0.25) is 0 Å². The Balaban J connectivity index is 2.47. The minimum atomic E-state index is -1.36. The first kappa shape index (κ1) is 12.8. The van der Waals surface area contributed by atoms with Gasteiger partial charge in [-0.1, -0.05) is 0 Å². The molecule has 0 bridgehead atoms. The zero-order chi connectivity index (χ0) is 12.3. The third-order valence-corrected chi connectivity index (χ3v) is 2.51. The number of methoxy groups -OCH3 is 1. The number of carbonyl (C=O) groups is 2. The van der Waals surface area contributed by atoms with Crippen molar-refractivity contribution in [1.82, 2.24) is 10.2 Å². The first-order valence-corrected chi connectivity index (χ1v) is 5.21. The van der Waals surface area contributed by atoms with Crippen molar-refractivity contribution in [3.05, 3.63) is 0 Å². The molecule has 1 fully saturated rings. The Morgan fingerprint density at radius 1 is 1.50 bits per heavy atom. The molecule has 0 aromatic rings. The van der Waals surface area contributed by atoms with Gasteiger partial charge in [0, 0.05) is 13.1 Å². The van der Waals surface area contributed by atoms with Crippen LogP contribution in [0.4, 0.5) is 4.79 Å². The van der Waals surface area contributed by atoms with Crippen molar-refractivity contribution in [2.75, 3.05) is 20.2 Å². The summed E-state index contributed by atoms with van der Waals surface area (Å²) in [4.78, 5) is 24.2. The van der Waals surface area contributed by atoms with Crippen molar-refractivity contribution in [1.29, 1.82) is 0 Å². The topological polar surface area (TPSA) is 78.9 Å². The van der Waals surface area contributed by atoms with E-state index in [1.54, 1.807) is 4.90 Å². The second-order valence-electron chi connectivity index (χ2n) is 4.43. The van der Waals surface area contributed by atoms with E-state index in [4.69, 9.17) is 0 Å². The molecule has 0 saturated carbocycles. The first-order chi connectivity index (χ1) is 7.34. The summed E-state index contributed by atoms with van der Waals surface area (Å²) in [5.41, 5.74) is -1.36. The highest BCUT2D eigenvalue weighted by molar-refractivity contribution is 5.84. The number of alkyl carbamates (subject to hydrolysis) is 1. The average Bonchev–Trinajstić information content (AvgIpc) is 2.63. The molecular formula is C10H18N2O4. The minimum absolute atomic E-state index is 0.0984. The number of ether oxygens (including phenoxy) is 1. The van der Waals surface area contributed by atoms with Crippen LogP contribution in [0, 0.1) is 0 Å². The van der Waals surface area contributed by atoms with Crippen LogP contribution in [-0.4, -0.2) is 53.8 Å². The monoisotopic (exact) mass is 230 g/mol. The normalized spacial score (nSPS) is 20.8. The van der Waals surface area contributed by atoms with Crippen LogP contribution in [0.5, 0.6) is 0 Å². The summed E-state index contributed by atoms with van der Waals surface area (Å²) in [5.74, 6) is -0.318. The largest absolute Gasteiger partial charge is 0.453 e. The van der Waals surface area contributed by atoms with Gasteiger partial charge in [0.15, 0.2) is 0 Å². The fourth-order valence-corrected chi connectivity index (χ4v) is 1.68. The highest BCUT2D eigenvalue weighted by Gasteiger charge is 2.34. The Morgan fingerprint density at radius 3 is 2.62 bits per heavy atom. The van der Waals surface area contributed by atoms with Gasteiger partial charge in [0.05, 0.1) is 13.2 Å². The van der Waals surface area contributed by atoms with Crippen molar-refractivity contribution in [3.63, 3.8) is 0 Å². The molecule has 0 aliphatic carbocycles. The van der Waals surface area contributed by atoms with Crippen LogP contribution in [0.25, 0.3) is 0 Å². The molecule has 6 heteroatoms. The van der Waals surface area contributed by atoms with Gasteiger partial charge in [-0.25, -0.2) is 4.79 Å². The van der Waals surface area contributed by atoms with Crippen molar-refractivity contribution in [3.8, 4) is 0 Å². The molecule has 1 saturated heterocycles. The van der Waals surface area contributed by atoms with Crippen LogP contribution in [0.15, 0.2) is 0 Å². The number of aliphatic hydroxyl groups is 1. The Labute approximate surface area is 94.6 Å². The van der Waals surface area contributed by atoms with Gasteiger partial charge in [0.1, 0.15) is 5.60 Å². The maximum absolute atomic E-state index is 11.7. The molecule has 0 aromatic heterocycles. The number of hydrogen-bond donors (Lipinski definition) is 2. The number of carbonyl (C=O) groups excluding carboxylic acids is 2. The number of likely N-dealkylation sites (tertiary alicyclic amines) is 1. The summed E-state index contributed by atoms with van der Waals surface area (Å²) in [6.07, 6.45) is 0.180. The van der Waals surface area contributed by atoms with Gasteiger partial charge in [-0.3, -0.25) is 4.79 Å². The van der Waals surface area contributed by atoms with Crippen molar-refractivity contribution >= 4 is 12.0 Å². The molecule has 0 aromatic carbocycles. The van der Waals surface area contributed by atoms with Gasteiger partial charge >= 0.3 is 6.09 Å².